The summed E-state index contributed by atoms with van der Waals surface area (Å²) in [6.45, 7) is 5.10. The Kier molecular flexibility index (Phi) is 4.48. The molecule has 24 heavy (non-hydrogen) atoms. The van der Waals surface area contributed by atoms with Crippen molar-refractivity contribution in [2.75, 3.05) is 18.0 Å². The Morgan fingerprint density at radius 2 is 2.21 bits per heavy atom. The van der Waals surface area contributed by atoms with E-state index in [9.17, 15) is 10.4 Å². The van der Waals surface area contributed by atoms with Crippen molar-refractivity contribution in [3.05, 3.63) is 40.7 Å². The molecule has 0 amide bonds. The average Bonchev–Trinajstić information content (AvgIpc) is 3.05. The highest BCUT2D eigenvalue weighted by Gasteiger charge is 2.38. The Balaban J connectivity index is 1.93. The van der Waals surface area contributed by atoms with Gasteiger partial charge in [-0.1, -0.05) is 22.9 Å². The van der Waals surface area contributed by atoms with Crippen LogP contribution in [-0.2, 0) is 5.60 Å². The number of hydrogen-bond acceptors (Lipinski definition) is 5. The van der Waals surface area contributed by atoms with E-state index in [0.29, 0.717) is 34.9 Å². The van der Waals surface area contributed by atoms with Crippen molar-refractivity contribution >= 4 is 17.3 Å². The molecule has 0 unspecified atom stereocenters. The third kappa shape index (κ3) is 2.97. The molecular formula is C17H20ClN5O. The molecule has 3 rings (SSSR count). The zero-order valence-electron chi connectivity index (χ0n) is 13.8. The summed E-state index contributed by atoms with van der Waals surface area (Å²) in [4.78, 5) is 1.97. The van der Waals surface area contributed by atoms with Gasteiger partial charge in [0, 0.05) is 12.6 Å². The summed E-state index contributed by atoms with van der Waals surface area (Å²) in [5.74, 6) is 0. The van der Waals surface area contributed by atoms with Crippen LogP contribution >= 0.6 is 11.6 Å². The van der Waals surface area contributed by atoms with Gasteiger partial charge in [-0.05, 0) is 38.8 Å². The quantitative estimate of drug-likeness (QED) is 0.925. The van der Waals surface area contributed by atoms with E-state index in [-0.39, 0.29) is 6.04 Å². The number of nitrogens with zero attached hydrogens (tertiary/aromatic N) is 5. The van der Waals surface area contributed by atoms with Crippen LogP contribution in [0.2, 0.25) is 5.02 Å². The first-order valence-corrected chi connectivity index (χ1v) is 8.40. The van der Waals surface area contributed by atoms with Crippen LogP contribution in [0.25, 0.3) is 0 Å². The van der Waals surface area contributed by atoms with Gasteiger partial charge in [-0.3, -0.25) is 0 Å². The minimum absolute atomic E-state index is 0.184. The molecule has 126 valence electrons. The summed E-state index contributed by atoms with van der Waals surface area (Å²) in [5.41, 5.74) is 0.650. The Bertz CT molecular complexity index is 782. The van der Waals surface area contributed by atoms with Gasteiger partial charge in [-0.15, -0.1) is 5.10 Å². The van der Waals surface area contributed by atoms with Crippen molar-refractivity contribution in [3.63, 3.8) is 0 Å². The lowest BCUT2D eigenvalue weighted by Gasteiger charge is -2.39. The van der Waals surface area contributed by atoms with Crippen molar-refractivity contribution in [1.82, 2.24) is 15.0 Å². The van der Waals surface area contributed by atoms with Gasteiger partial charge in [-0.2, -0.15) is 5.26 Å². The largest absolute Gasteiger partial charge is 0.382 e. The van der Waals surface area contributed by atoms with Gasteiger partial charge in [0.2, 0.25) is 0 Å². The van der Waals surface area contributed by atoms with E-state index < -0.39 is 5.60 Å². The minimum atomic E-state index is -1.10. The fraction of sp³-hybridized carbons (Fsp3) is 0.471. The van der Waals surface area contributed by atoms with Crippen LogP contribution in [0.15, 0.2) is 24.4 Å². The number of β-amino-alcohol motifs (C(OH)–C–C–N with tert-alkyl or cyclic N) is 1. The molecule has 0 spiro atoms. The maximum absolute atomic E-state index is 11.1. The Hall–Kier alpha value is -2.10. The molecule has 1 aliphatic heterocycles. The van der Waals surface area contributed by atoms with Crippen molar-refractivity contribution in [1.29, 1.82) is 5.26 Å². The van der Waals surface area contributed by atoms with Crippen LogP contribution in [0.5, 0.6) is 0 Å². The molecule has 1 aromatic carbocycles. The van der Waals surface area contributed by atoms with Gasteiger partial charge >= 0.3 is 0 Å². The molecule has 1 saturated heterocycles. The van der Waals surface area contributed by atoms with Gasteiger partial charge in [0.1, 0.15) is 17.4 Å². The first-order valence-electron chi connectivity index (χ1n) is 8.03. The molecule has 7 heteroatoms. The lowest BCUT2D eigenvalue weighted by atomic mass is 9.89. The molecule has 1 fully saturated rings. The average molecular weight is 346 g/mol. The predicted molar refractivity (Wildman–Crippen MR) is 91.9 cm³/mol. The molecule has 6 nitrogen and oxygen atoms in total. The second-order valence-corrected chi connectivity index (χ2v) is 6.89. The standard InChI is InChI=1S/C17H20ClN5O/c1-12(2)23-10-15(20-21-23)17(24)7-4-8-22(11-17)16-13(9-19)5-3-6-14(16)18/h3,5-6,10,12,24H,4,7-8,11H2,1-2H3/t17-/m0/s1. The van der Waals surface area contributed by atoms with E-state index in [1.54, 1.807) is 29.1 Å². The second kappa shape index (κ2) is 6.42. The Morgan fingerprint density at radius 1 is 1.42 bits per heavy atom. The maximum atomic E-state index is 11.1. The molecule has 2 heterocycles. The summed E-state index contributed by atoms with van der Waals surface area (Å²) >= 11 is 6.32. The molecule has 1 aromatic heterocycles. The number of halogens is 1. The number of aromatic nitrogens is 3. The lowest BCUT2D eigenvalue weighted by Crippen LogP contribution is -2.46. The fourth-order valence-electron chi connectivity index (χ4n) is 3.11. The zero-order chi connectivity index (χ0) is 17.3. The van der Waals surface area contributed by atoms with Crippen LogP contribution in [0.1, 0.15) is 44.0 Å². The molecule has 0 radical (unpaired) electrons. The highest BCUT2D eigenvalue weighted by Crippen LogP contribution is 2.37. The monoisotopic (exact) mass is 345 g/mol. The summed E-state index contributed by atoms with van der Waals surface area (Å²) in [6, 6.07) is 7.63. The van der Waals surface area contributed by atoms with E-state index in [4.69, 9.17) is 11.6 Å². The SMILES string of the molecule is CC(C)n1cc([C@]2(O)CCCN(c3c(Cl)cccc3C#N)C2)nn1. The number of rotatable bonds is 3. The number of aliphatic hydroxyl groups is 1. The number of nitriles is 1. The van der Waals surface area contributed by atoms with Crippen LogP contribution in [0.4, 0.5) is 5.69 Å². The molecular weight excluding hydrogens is 326 g/mol. The highest BCUT2D eigenvalue weighted by atomic mass is 35.5. The smallest absolute Gasteiger partial charge is 0.127 e. The minimum Gasteiger partial charge on any atom is -0.382 e. The summed E-state index contributed by atoms with van der Waals surface area (Å²) in [5, 5.41) is 29.3. The van der Waals surface area contributed by atoms with Crippen molar-refractivity contribution in [2.45, 2.75) is 38.3 Å². The summed E-state index contributed by atoms with van der Waals surface area (Å²) in [6.07, 6.45) is 3.18. The number of anilines is 1. The molecule has 1 N–H and O–H groups in total. The van der Waals surface area contributed by atoms with Crippen LogP contribution in [0.3, 0.4) is 0 Å². The normalized spacial score (nSPS) is 21.1. The molecule has 0 saturated carbocycles. The second-order valence-electron chi connectivity index (χ2n) is 6.48. The van der Waals surface area contributed by atoms with E-state index in [1.807, 2.05) is 18.7 Å². The van der Waals surface area contributed by atoms with Crippen molar-refractivity contribution < 1.29 is 5.11 Å². The number of benzene rings is 1. The maximum Gasteiger partial charge on any atom is 0.127 e. The number of piperidine rings is 1. The Morgan fingerprint density at radius 3 is 2.88 bits per heavy atom. The van der Waals surface area contributed by atoms with Gasteiger partial charge in [0.15, 0.2) is 0 Å². The summed E-state index contributed by atoms with van der Waals surface area (Å²) in [7, 11) is 0. The first kappa shape index (κ1) is 16.7. The van der Waals surface area contributed by atoms with E-state index in [0.717, 1.165) is 13.0 Å². The van der Waals surface area contributed by atoms with Gasteiger partial charge < -0.3 is 10.0 Å². The molecule has 1 atom stereocenters. The van der Waals surface area contributed by atoms with Gasteiger partial charge in [0.25, 0.3) is 0 Å². The molecule has 2 aromatic rings. The highest BCUT2D eigenvalue weighted by molar-refractivity contribution is 6.33. The summed E-state index contributed by atoms with van der Waals surface area (Å²) < 4.78 is 1.74. The van der Waals surface area contributed by atoms with Gasteiger partial charge in [-0.25, -0.2) is 4.68 Å². The molecule has 0 bridgehead atoms. The number of para-hydroxylation sites is 1. The fourth-order valence-corrected chi connectivity index (χ4v) is 3.40. The number of hydrogen-bond donors (Lipinski definition) is 1. The zero-order valence-corrected chi connectivity index (χ0v) is 14.5. The van der Waals surface area contributed by atoms with E-state index >= 15 is 0 Å². The predicted octanol–water partition coefficient (Wildman–Crippen LogP) is 2.87. The molecule has 0 aliphatic carbocycles. The van der Waals surface area contributed by atoms with Crippen molar-refractivity contribution in [3.8, 4) is 6.07 Å². The Labute approximate surface area is 146 Å². The molecule has 1 aliphatic rings. The van der Waals surface area contributed by atoms with Crippen LogP contribution in [0, 0.1) is 11.3 Å². The van der Waals surface area contributed by atoms with Gasteiger partial charge in [0.05, 0.1) is 29.0 Å². The topological polar surface area (TPSA) is 78.0 Å². The van der Waals surface area contributed by atoms with E-state index in [2.05, 4.69) is 16.4 Å². The van der Waals surface area contributed by atoms with Crippen LogP contribution in [-0.4, -0.2) is 33.2 Å². The van der Waals surface area contributed by atoms with E-state index in [1.165, 1.54) is 0 Å². The third-order valence-corrected chi connectivity index (χ3v) is 4.72. The van der Waals surface area contributed by atoms with Crippen molar-refractivity contribution in [2.24, 2.45) is 0 Å². The van der Waals surface area contributed by atoms with Crippen LogP contribution < -0.4 is 4.90 Å². The third-order valence-electron chi connectivity index (χ3n) is 4.41. The lowest BCUT2D eigenvalue weighted by molar-refractivity contribution is 0.0176. The first-order chi connectivity index (χ1) is 11.4.